The molecule has 0 saturated carbocycles. The number of rotatable bonds is 4. The second kappa shape index (κ2) is 5.20. The Labute approximate surface area is 102 Å². The zero-order chi connectivity index (χ0) is 12.4. The lowest BCUT2D eigenvalue weighted by Gasteiger charge is -2.41. The molecule has 2 fully saturated rings. The van der Waals surface area contributed by atoms with Gasteiger partial charge in [-0.25, -0.2) is 0 Å². The first-order valence-electron chi connectivity index (χ1n) is 6.33. The number of aliphatic hydroxyl groups is 2. The quantitative estimate of drug-likeness (QED) is 0.632. The van der Waals surface area contributed by atoms with E-state index in [1.54, 1.807) is 0 Å². The van der Waals surface area contributed by atoms with Gasteiger partial charge in [-0.15, -0.1) is 0 Å². The number of aliphatic hydroxyl groups excluding tert-OH is 2. The van der Waals surface area contributed by atoms with E-state index in [0.29, 0.717) is 13.2 Å². The van der Waals surface area contributed by atoms with Crippen LogP contribution < -0.4 is 5.32 Å². The maximum Gasteiger partial charge on any atom is 0.0951 e. The molecule has 0 aromatic rings. The second-order valence-corrected chi connectivity index (χ2v) is 5.55. The highest BCUT2D eigenvalue weighted by molar-refractivity contribution is 4.95. The summed E-state index contributed by atoms with van der Waals surface area (Å²) >= 11 is 0. The van der Waals surface area contributed by atoms with Crippen molar-refractivity contribution in [1.82, 2.24) is 5.32 Å². The van der Waals surface area contributed by atoms with Gasteiger partial charge in [-0.1, -0.05) is 0 Å². The van der Waals surface area contributed by atoms with Gasteiger partial charge in [-0.05, 0) is 19.8 Å². The molecule has 2 aliphatic rings. The van der Waals surface area contributed by atoms with E-state index in [4.69, 9.17) is 9.47 Å². The van der Waals surface area contributed by atoms with Crippen molar-refractivity contribution >= 4 is 0 Å². The molecule has 2 unspecified atom stereocenters. The Kier molecular flexibility index (Phi) is 4.05. The van der Waals surface area contributed by atoms with E-state index in [0.717, 1.165) is 25.9 Å². The molecule has 2 atom stereocenters. The zero-order valence-electron chi connectivity index (χ0n) is 10.4. The maximum atomic E-state index is 9.29. The molecule has 0 radical (unpaired) electrons. The highest BCUT2D eigenvalue weighted by Crippen LogP contribution is 2.33. The van der Waals surface area contributed by atoms with Crippen molar-refractivity contribution in [2.75, 3.05) is 33.0 Å². The van der Waals surface area contributed by atoms with Gasteiger partial charge in [0.1, 0.15) is 0 Å². The van der Waals surface area contributed by atoms with Crippen LogP contribution in [0.15, 0.2) is 0 Å². The van der Waals surface area contributed by atoms with Gasteiger partial charge in [0.15, 0.2) is 0 Å². The molecule has 2 rings (SSSR count). The number of nitrogens with one attached hydrogen (secondary N) is 1. The third-order valence-electron chi connectivity index (χ3n) is 3.81. The maximum absolute atomic E-state index is 9.29. The summed E-state index contributed by atoms with van der Waals surface area (Å²) in [6, 6.07) is 0.273. The highest BCUT2D eigenvalue weighted by Gasteiger charge is 2.42. The van der Waals surface area contributed by atoms with Crippen molar-refractivity contribution in [1.29, 1.82) is 0 Å². The molecule has 100 valence electrons. The van der Waals surface area contributed by atoms with Gasteiger partial charge in [-0.2, -0.15) is 0 Å². The van der Waals surface area contributed by atoms with E-state index < -0.39 is 5.54 Å². The first kappa shape index (κ1) is 13.2. The predicted octanol–water partition coefficient (Wildman–Crippen LogP) is -0.343. The lowest BCUT2D eigenvalue weighted by Crippen LogP contribution is -2.57. The minimum absolute atomic E-state index is 0.0651. The Balaban J connectivity index is 1.93. The average Bonchev–Trinajstić information content (AvgIpc) is 2.77. The number of ether oxygens (including phenoxy) is 2. The molecular weight excluding hydrogens is 222 g/mol. The van der Waals surface area contributed by atoms with Gasteiger partial charge in [0.05, 0.1) is 31.0 Å². The van der Waals surface area contributed by atoms with Gasteiger partial charge in [0, 0.05) is 25.7 Å². The first-order valence-corrected chi connectivity index (χ1v) is 6.33. The summed E-state index contributed by atoms with van der Waals surface area (Å²) in [7, 11) is 0. The van der Waals surface area contributed by atoms with E-state index in [-0.39, 0.29) is 24.9 Å². The Hall–Kier alpha value is -0.200. The topological polar surface area (TPSA) is 71.0 Å². The molecular formula is C12H23NO4. The Morgan fingerprint density at radius 3 is 2.71 bits per heavy atom. The van der Waals surface area contributed by atoms with Gasteiger partial charge in [0.2, 0.25) is 0 Å². The summed E-state index contributed by atoms with van der Waals surface area (Å²) in [5.41, 5.74) is -0.746. The van der Waals surface area contributed by atoms with Gasteiger partial charge in [0.25, 0.3) is 0 Å². The largest absolute Gasteiger partial charge is 0.394 e. The molecule has 0 amide bonds. The van der Waals surface area contributed by atoms with Gasteiger partial charge in [-0.3, -0.25) is 0 Å². The van der Waals surface area contributed by atoms with Crippen LogP contribution in [0.3, 0.4) is 0 Å². The molecule has 5 nitrogen and oxygen atoms in total. The van der Waals surface area contributed by atoms with Crippen LogP contribution in [-0.4, -0.2) is 60.4 Å². The summed E-state index contributed by atoms with van der Waals surface area (Å²) in [5.74, 6) is 0. The zero-order valence-corrected chi connectivity index (χ0v) is 10.4. The van der Waals surface area contributed by atoms with Crippen molar-refractivity contribution in [2.45, 2.75) is 43.4 Å². The van der Waals surface area contributed by atoms with Crippen molar-refractivity contribution in [3.05, 3.63) is 0 Å². The van der Waals surface area contributed by atoms with Crippen molar-refractivity contribution in [3.8, 4) is 0 Å². The smallest absolute Gasteiger partial charge is 0.0951 e. The van der Waals surface area contributed by atoms with E-state index in [1.807, 2.05) is 6.92 Å². The summed E-state index contributed by atoms with van der Waals surface area (Å²) in [6.07, 6.45) is 2.75. The molecule has 3 N–H and O–H groups in total. The molecule has 5 heteroatoms. The third kappa shape index (κ3) is 2.98. The van der Waals surface area contributed by atoms with E-state index in [9.17, 15) is 10.2 Å². The number of hydrogen-bond donors (Lipinski definition) is 3. The second-order valence-electron chi connectivity index (χ2n) is 5.55. The molecule has 2 heterocycles. The van der Waals surface area contributed by atoms with E-state index in [2.05, 4.69) is 5.32 Å². The first-order chi connectivity index (χ1) is 8.11. The molecule has 0 aromatic heterocycles. The fraction of sp³-hybridized carbons (Fsp3) is 1.00. The minimum atomic E-state index is -0.608. The molecule has 17 heavy (non-hydrogen) atoms. The monoisotopic (exact) mass is 245 g/mol. The van der Waals surface area contributed by atoms with Gasteiger partial charge >= 0.3 is 0 Å². The van der Waals surface area contributed by atoms with Crippen LogP contribution in [-0.2, 0) is 9.47 Å². The number of hydrogen-bond acceptors (Lipinski definition) is 5. The van der Waals surface area contributed by atoms with Crippen LogP contribution in [0.2, 0.25) is 0 Å². The van der Waals surface area contributed by atoms with Crippen LogP contribution in [0.1, 0.15) is 26.2 Å². The van der Waals surface area contributed by atoms with Crippen molar-refractivity contribution in [2.24, 2.45) is 0 Å². The lowest BCUT2D eigenvalue weighted by atomic mass is 9.88. The third-order valence-corrected chi connectivity index (χ3v) is 3.81. The van der Waals surface area contributed by atoms with Crippen LogP contribution in [0.5, 0.6) is 0 Å². The molecule has 0 aromatic carbocycles. The summed E-state index contributed by atoms with van der Waals surface area (Å²) in [4.78, 5) is 0. The molecule has 0 bridgehead atoms. The van der Waals surface area contributed by atoms with Crippen LogP contribution in [0.25, 0.3) is 0 Å². The van der Waals surface area contributed by atoms with Crippen molar-refractivity contribution < 1.29 is 19.7 Å². The van der Waals surface area contributed by atoms with Gasteiger partial charge < -0.3 is 25.0 Å². The highest BCUT2D eigenvalue weighted by atomic mass is 16.6. The van der Waals surface area contributed by atoms with Crippen LogP contribution in [0.4, 0.5) is 0 Å². The molecule has 1 spiro atoms. The Bertz CT molecular complexity index is 247. The van der Waals surface area contributed by atoms with Crippen LogP contribution in [0, 0.1) is 0 Å². The predicted molar refractivity (Wildman–Crippen MR) is 62.9 cm³/mol. The van der Waals surface area contributed by atoms with E-state index >= 15 is 0 Å². The Morgan fingerprint density at radius 2 is 2.12 bits per heavy atom. The van der Waals surface area contributed by atoms with Crippen LogP contribution >= 0.6 is 0 Å². The van der Waals surface area contributed by atoms with E-state index in [1.165, 1.54) is 0 Å². The minimum Gasteiger partial charge on any atom is -0.394 e. The molecule has 2 saturated heterocycles. The fourth-order valence-electron chi connectivity index (χ4n) is 2.65. The molecule has 0 aliphatic carbocycles. The SMILES string of the molecule is CC(CO)(CO)NC1CCOC2(CCOC2)C1. The summed E-state index contributed by atoms with van der Waals surface area (Å²) in [5, 5.41) is 21.9. The molecule has 2 aliphatic heterocycles. The lowest BCUT2D eigenvalue weighted by molar-refractivity contribution is -0.0942. The average molecular weight is 245 g/mol. The summed E-state index contributed by atoms with van der Waals surface area (Å²) in [6.45, 7) is 3.85. The standard InChI is InChI=1S/C12H23NO4/c1-11(7-14,8-15)13-10-2-4-17-12(6-10)3-5-16-9-12/h10,13-15H,2-9H2,1H3. The van der Waals surface area contributed by atoms with Crippen molar-refractivity contribution in [3.63, 3.8) is 0 Å². The Morgan fingerprint density at radius 1 is 1.35 bits per heavy atom. The summed E-state index contributed by atoms with van der Waals surface area (Å²) < 4.78 is 11.3. The normalized spacial score (nSPS) is 34.4. The fourth-order valence-corrected chi connectivity index (χ4v) is 2.65.